The van der Waals surface area contributed by atoms with Crippen LogP contribution in [0.5, 0.6) is 0 Å². The van der Waals surface area contributed by atoms with Crippen molar-refractivity contribution in [3.63, 3.8) is 0 Å². The summed E-state index contributed by atoms with van der Waals surface area (Å²) in [6.45, 7) is 2.50. The molecule has 133 heavy (non-hydrogen) atoms. The molecule has 0 saturated carbocycles. The molecule has 0 aromatic carbocycles. The number of aliphatic hydroxyl groups is 2. The Labute approximate surface area is 814 Å². The maximum atomic E-state index is 13.1. The molecule has 16 nitrogen and oxygen atoms in total. The normalized spacial score (nSPS) is 14.4. The highest BCUT2D eigenvalue weighted by Gasteiger charge is 2.30. The van der Waals surface area contributed by atoms with E-state index < -0.39 is 91.5 Å². The minimum atomic E-state index is -4.95. The summed E-state index contributed by atoms with van der Waals surface area (Å²) in [6, 6.07) is 0. The molecule has 0 aromatic rings. The van der Waals surface area contributed by atoms with Crippen LogP contribution in [-0.2, 0) is 55.8 Å². The zero-order valence-electron chi connectivity index (χ0n) is 84.6. The SMILES string of the molecule is CC/C=C\C/C=C\C/C=C\C/C=C\C/C=C\C/C=C\CCCCCCCCCCCCCCCCC(=O)OCC(COP(=O)(O)OCC(O)COP(=O)(O)OCC(O)COC(=O)CCCCCCCCCCCCCCCCCCCCC/C=C\C/C=C\C/C=C\C/C=C\CCCCC)OC(=O)CCCCCCCCCCCC/C=C\C/C=C\C/C=C\C/C=C\C/C=C\C/C=C\CC. The summed E-state index contributed by atoms with van der Waals surface area (Å²) < 4.78 is 61.8. The van der Waals surface area contributed by atoms with Gasteiger partial charge in [-0.1, -0.05) is 466 Å². The molecule has 762 valence electrons. The maximum absolute atomic E-state index is 13.1. The highest BCUT2D eigenvalue weighted by molar-refractivity contribution is 7.47. The lowest BCUT2D eigenvalue weighted by molar-refractivity contribution is -0.161. The van der Waals surface area contributed by atoms with Crippen LogP contribution in [0.2, 0.25) is 0 Å². The number of phosphoric ester groups is 2. The van der Waals surface area contributed by atoms with Gasteiger partial charge < -0.3 is 34.2 Å². The number of esters is 3. The molecule has 0 fully saturated rings. The van der Waals surface area contributed by atoms with Crippen LogP contribution in [0.25, 0.3) is 0 Å². The summed E-state index contributed by atoms with van der Waals surface area (Å²) in [5.74, 6) is -1.57. The molecule has 0 rings (SSSR count). The topological polar surface area (TPSA) is 231 Å². The van der Waals surface area contributed by atoms with Crippen molar-refractivity contribution >= 4 is 33.6 Å². The Balaban J connectivity index is 4.61. The molecular weight excluding hydrogens is 1700 g/mol. The lowest BCUT2D eigenvalue weighted by atomic mass is 10.0. The van der Waals surface area contributed by atoms with E-state index in [0.717, 1.165) is 180 Å². The highest BCUT2D eigenvalue weighted by atomic mass is 31.2. The number of unbranched alkanes of at least 4 members (excludes halogenated alkanes) is 46. The van der Waals surface area contributed by atoms with Gasteiger partial charge in [0, 0.05) is 19.3 Å². The van der Waals surface area contributed by atoms with Gasteiger partial charge in [0.25, 0.3) is 0 Å². The second kappa shape index (κ2) is 105. The fourth-order valence-corrected chi connectivity index (χ4v) is 16.3. The van der Waals surface area contributed by atoms with Gasteiger partial charge >= 0.3 is 33.6 Å². The van der Waals surface area contributed by atoms with Crippen LogP contribution in [0.4, 0.5) is 0 Å². The minimum absolute atomic E-state index is 0.0940. The van der Waals surface area contributed by atoms with Crippen LogP contribution in [-0.4, -0.2) is 95.9 Å². The average Bonchev–Trinajstić information content (AvgIpc) is 0.895. The van der Waals surface area contributed by atoms with Crippen molar-refractivity contribution in [1.82, 2.24) is 0 Å². The third kappa shape index (κ3) is 107. The van der Waals surface area contributed by atoms with Crippen molar-refractivity contribution in [2.45, 2.75) is 476 Å². The van der Waals surface area contributed by atoms with E-state index in [9.17, 15) is 43.5 Å². The van der Waals surface area contributed by atoms with E-state index in [0.29, 0.717) is 19.3 Å². The Morgan fingerprint density at radius 2 is 0.398 bits per heavy atom. The predicted molar refractivity (Wildman–Crippen MR) is 564 cm³/mol. The van der Waals surface area contributed by atoms with Gasteiger partial charge in [0.2, 0.25) is 0 Å². The second-order valence-electron chi connectivity index (χ2n) is 35.6. The molecule has 0 aliphatic heterocycles. The van der Waals surface area contributed by atoms with Gasteiger partial charge in [-0.2, -0.15) is 0 Å². The van der Waals surface area contributed by atoms with E-state index in [-0.39, 0.29) is 19.3 Å². The van der Waals surface area contributed by atoms with Gasteiger partial charge in [-0.3, -0.25) is 32.5 Å². The van der Waals surface area contributed by atoms with E-state index in [1.165, 1.54) is 218 Å². The lowest BCUT2D eigenvalue weighted by Crippen LogP contribution is -2.30. The number of ether oxygens (including phenoxy) is 3. The fraction of sp³-hybridized carbons (Fsp3) is 0.696. The third-order valence-electron chi connectivity index (χ3n) is 22.8. The average molecular weight is 1900 g/mol. The molecule has 0 spiro atoms. The van der Waals surface area contributed by atoms with Crippen LogP contribution >= 0.6 is 15.6 Å². The van der Waals surface area contributed by atoms with E-state index in [1.54, 1.807) is 0 Å². The summed E-state index contributed by atoms with van der Waals surface area (Å²) in [7, 11) is -9.83. The molecule has 0 amide bonds. The van der Waals surface area contributed by atoms with E-state index in [1.807, 2.05) is 0 Å². The largest absolute Gasteiger partial charge is 0.472 e. The van der Waals surface area contributed by atoms with Crippen molar-refractivity contribution in [1.29, 1.82) is 0 Å². The van der Waals surface area contributed by atoms with Crippen LogP contribution < -0.4 is 0 Å². The van der Waals surface area contributed by atoms with E-state index in [4.69, 9.17) is 32.3 Å². The summed E-state index contributed by atoms with van der Waals surface area (Å²) in [5.41, 5.74) is 0. The van der Waals surface area contributed by atoms with E-state index in [2.05, 4.69) is 215 Å². The number of aliphatic hydroxyl groups excluding tert-OH is 2. The van der Waals surface area contributed by atoms with Crippen LogP contribution in [0.3, 0.4) is 0 Å². The zero-order chi connectivity index (χ0) is 96.4. The van der Waals surface area contributed by atoms with Crippen molar-refractivity contribution in [3.8, 4) is 0 Å². The Kier molecular flexibility index (Phi) is 101. The monoisotopic (exact) mass is 1900 g/mol. The lowest BCUT2D eigenvalue weighted by Gasteiger charge is -2.21. The first-order valence-electron chi connectivity index (χ1n) is 53.7. The third-order valence-corrected chi connectivity index (χ3v) is 24.7. The van der Waals surface area contributed by atoms with Crippen molar-refractivity contribution < 1.29 is 75.8 Å². The molecule has 0 aliphatic carbocycles. The second-order valence-corrected chi connectivity index (χ2v) is 38.6. The molecule has 5 atom stereocenters. The number of carbonyl (C=O) groups excluding carboxylic acids is 3. The first-order valence-corrected chi connectivity index (χ1v) is 56.7. The fourth-order valence-electron chi connectivity index (χ4n) is 14.7. The molecule has 0 aliphatic rings. The minimum Gasteiger partial charge on any atom is -0.463 e. The Morgan fingerprint density at radius 3 is 0.632 bits per heavy atom. The smallest absolute Gasteiger partial charge is 0.463 e. The molecule has 0 aromatic heterocycles. The summed E-state index contributed by atoms with van der Waals surface area (Å²) in [4.78, 5) is 59.3. The molecular formula is C115H196O16P2. The zero-order valence-corrected chi connectivity index (χ0v) is 86.4. The number of hydrogen-bond donors (Lipinski definition) is 4. The Hall–Kier alpha value is -5.61. The summed E-state index contributed by atoms with van der Waals surface area (Å²) >= 11 is 0. The molecule has 0 saturated heterocycles. The van der Waals surface area contributed by atoms with Crippen molar-refractivity contribution in [3.05, 3.63) is 194 Å². The summed E-state index contributed by atoms with van der Waals surface area (Å²) in [6.07, 6.45) is 142. The number of carbonyl (C=O) groups is 3. The van der Waals surface area contributed by atoms with Crippen LogP contribution in [0.15, 0.2) is 194 Å². The first kappa shape index (κ1) is 127. The van der Waals surface area contributed by atoms with Crippen molar-refractivity contribution in [2.75, 3.05) is 39.6 Å². The molecule has 4 N–H and O–H groups in total. The molecule has 0 radical (unpaired) electrons. The molecule has 0 heterocycles. The highest BCUT2D eigenvalue weighted by Crippen LogP contribution is 2.45. The number of hydrogen-bond acceptors (Lipinski definition) is 14. The summed E-state index contributed by atoms with van der Waals surface area (Å²) in [5, 5.41) is 20.8. The molecule has 5 unspecified atom stereocenters. The quantitative estimate of drug-likeness (QED) is 0.0146. The van der Waals surface area contributed by atoms with Crippen molar-refractivity contribution in [2.24, 2.45) is 0 Å². The number of phosphoric acid groups is 2. The van der Waals surface area contributed by atoms with Gasteiger partial charge in [0.15, 0.2) is 6.10 Å². The molecule has 0 bridgehead atoms. The van der Waals surface area contributed by atoms with Crippen LogP contribution in [0, 0.1) is 0 Å². The van der Waals surface area contributed by atoms with E-state index >= 15 is 0 Å². The standard InChI is InChI=1S/C115H196O16P2/c1-4-7-10-13-16-19-22-25-28-31-34-37-40-43-46-49-51-53-54-56-58-60-62-65-68-71-74-77-80-83-86-89-92-95-98-101-113(118)125-104-110(116)105-127-132(121,122)128-106-111(117)107-129-133(123,124)130-109-112(131-115(120)103-100-97-94-91-88-85-82-79-76-73-70-67-64-59-48-45-42-39-36-33-30-27-24-21-18-15-12-9-6-3)108-126-114(119)102-99-96-93-90-87-84-81-78-75-72-69-66-63-61-57-55-52-50-47-44-41-38-35-32-29-26-23-20-17-14-11-8-5-2/h8-9,11-12,16-21,25-30,34-39,43-48,52,55,64,67,110-112,116-117H,4-7,10,13-15,22-24,31-33,40-42,49-51,53-54,56-63,65-66,68-109H2,1-3H3,(H,121,122)(H,123,124)/b11-8-,12-9-,19-16-,20-17-,21-18-,28-25-,29-26-,30-27-,37-34-,38-35-,39-36-,46-43-,47-44-,48-45-,55-52-,67-64-. The van der Waals surface area contributed by atoms with Gasteiger partial charge in [0.1, 0.15) is 25.4 Å². The maximum Gasteiger partial charge on any atom is 0.472 e. The number of allylic oxidation sites excluding steroid dienone is 32. The van der Waals surface area contributed by atoms with Gasteiger partial charge in [-0.05, 0) is 167 Å². The number of rotatable bonds is 101. The molecule has 18 heteroatoms. The first-order chi connectivity index (χ1) is 65.2. The van der Waals surface area contributed by atoms with Crippen LogP contribution in [0.1, 0.15) is 457 Å². The predicted octanol–water partition coefficient (Wildman–Crippen LogP) is 34.5. The Bertz CT molecular complexity index is 3200. The van der Waals surface area contributed by atoms with Gasteiger partial charge in [-0.25, -0.2) is 9.13 Å². The Morgan fingerprint density at radius 1 is 0.218 bits per heavy atom. The van der Waals surface area contributed by atoms with Gasteiger partial charge in [-0.15, -0.1) is 0 Å². The van der Waals surface area contributed by atoms with Gasteiger partial charge in [0.05, 0.1) is 26.4 Å².